The van der Waals surface area contributed by atoms with E-state index in [1.54, 1.807) is 18.2 Å². The summed E-state index contributed by atoms with van der Waals surface area (Å²) in [6.45, 7) is 0.0948. The van der Waals surface area contributed by atoms with Crippen LogP contribution in [0.2, 0.25) is 5.02 Å². The lowest BCUT2D eigenvalue weighted by Crippen LogP contribution is -2.47. The maximum atomic E-state index is 12.6. The number of anilines is 1. The molecule has 10 heteroatoms. The maximum absolute atomic E-state index is 12.6. The first-order chi connectivity index (χ1) is 12.1. The van der Waals surface area contributed by atoms with Crippen molar-refractivity contribution in [1.29, 1.82) is 0 Å². The molecular weight excluding hydrogens is 382 g/mol. The topological polar surface area (TPSA) is 96.0 Å². The highest BCUT2D eigenvalue weighted by Gasteiger charge is 2.38. The Balaban J connectivity index is 2.03. The van der Waals surface area contributed by atoms with Crippen molar-refractivity contribution in [3.05, 3.63) is 23.2 Å². The number of nitrogens with zero attached hydrogens (tertiary/aromatic N) is 2. The van der Waals surface area contributed by atoms with Gasteiger partial charge in [-0.15, -0.1) is 0 Å². The Morgan fingerprint density at radius 2 is 2.12 bits per heavy atom. The monoisotopic (exact) mass is 403 g/mol. The van der Waals surface area contributed by atoms with E-state index in [9.17, 15) is 18.0 Å². The quantitative estimate of drug-likeness (QED) is 0.769. The molecule has 2 amide bonds. The molecule has 26 heavy (non-hydrogen) atoms. The molecule has 1 heterocycles. The van der Waals surface area contributed by atoms with Crippen LogP contribution in [0.5, 0.6) is 5.75 Å². The summed E-state index contributed by atoms with van der Waals surface area (Å²) in [4.78, 5) is 26.0. The largest absolute Gasteiger partial charge is 0.495 e. The fourth-order valence-electron chi connectivity index (χ4n) is 2.90. The third-order valence-corrected chi connectivity index (χ3v) is 5.63. The van der Waals surface area contributed by atoms with Gasteiger partial charge in [0.15, 0.2) is 0 Å². The predicted octanol–water partition coefficient (Wildman–Crippen LogP) is 1.17. The molecule has 0 aliphatic carbocycles. The molecule has 1 fully saturated rings. The Morgan fingerprint density at radius 3 is 2.73 bits per heavy atom. The van der Waals surface area contributed by atoms with Crippen LogP contribution in [-0.4, -0.2) is 69.0 Å². The third kappa shape index (κ3) is 4.87. The second-order valence-corrected chi connectivity index (χ2v) is 8.49. The first-order valence-electron chi connectivity index (χ1n) is 7.98. The average Bonchev–Trinajstić information content (AvgIpc) is 3.04. The standard InChI is InChI=1S/C16H22ClN3O5S/c1-19(16(22)13-5-4-8-20(13)26(3,23)24)10-15(21)18-12-9-11(17)6-7-14(12)25-2/h6-7,9,13H,4-5,8,10H2,1-3H3,(H,18,21). The maximum Gasteiger partial charge on any atom is 0.244 e. The number of carbonyl (C=O) groups excluding carboxylic acids is 2. The van der Waals surface area contributed by atoms with Crippen molar-refractivity contribution in [3.8, 4) is 5.75 Å². The number of methoxy groups -OCH3 is 1. The second-order valence-electron chi connectivity index (χ2n) is 6.12. The molecule has 1 aromatic rings. The molecule has 144 valence electrons. The van der Waals surface area contributed by atoms with Crippen molar-refractivity contribution < 1.29 is 22.7 Å². The van der Waals surface area contributed by atoms with Gasteiger partial charge in [-0.2, -0.15) is 4.31 Å². The fraction of sp³-hybridized carbons (Fsp3) is 0.500. The number of hydrogen-bond acceptors (Lipinski definition) is 5. The van der Waals surface area contributed by atoms with Crippen LogP contribution in [0.1, 0.15) is 12.8 Å². The Morgan fingerprint density at radius 1 is 1.42 bits per heavy atom. The lowest BCUT2D eigenvalue weighted by atomic mass is 10.2. The van der Waals surface area contributed by atoms with E-state index < -0.39 is 27.9 Å². The Kier molecular flexibility index (Phi) is 6.48. The highest BCUT2D eigenvalue weighted by atomic mass is 35.5. The summed E-state index contributed by atoms with van der Waals surface area (Å²) >= 11 is 5.92. The van der Waals surface area contributed by atoms with Gasteiger partial charge < -0.3 is 15.0 Å². The Hall–Kier alpha value is -1.84. The summed E-state index contributed by atoms with van der Waals surface area (Å²) in [7, 11) is -0.532. The van der Waals surface area contributed by atoms with Crippen LogP contribution in [0.25, 0.3) is 0 Å². The van der Waals surface area contributed by atoms with Crippen LogP contribution in [0, 0.1) is 0 Å². The third-order valence-electron chi connectivity index (χ3n) is 4.11. The number of carbonyl (C=O) groups is 2. The van der Waals surface area contributed by atoms with E-state index in [1.807, 2.05) is 0 Å². The van der Waals surface area contributed by atoms with E-state index >= 15 is 0 Å². The SMILES string of the molecule is COc1ccc(Cl)cc1NC(=O)CN(C)C(=O)C1CCCN1S(C)(=O)=O. The van der Waals surface area contributed by atoms with Gasteiger partial charge in [-0.25, -0.2) is 8.42 Å². The number of sulfonamides is 1. The Bertz CT molecular complexity index is 799. The van der Waals surface area contributed by atoms with E-state index in [1.165, 1.54) is 23.4 Å². The number of ether oxygens (including phenoxy) is 1. The van der Waals surface area contributed by atoms with Gasteiger partial charge in [0.2, 0.25) is 21.8 Å². The van der Waals surface area contributed by atoms with Crippen molar-refractivity contribution >= 4 is 39.1 Å². The lowest BCUT2D eigenvalue weighted by molar-refractivity contribution is -0.136. The molecule has 1 aromatic carbocycles. The van der Waals surface area contributed by atoms with Gasteiger partial charge in [0.1, 0.15) is 11.8 Å². The molecule has 1 N–H and O–H groups in total. The highest BCUT2D eigenvalue weighted by molar-refractivity contribution is 7.88. The molecule has 1 saturated heterocycles. The van der Waals surface area contributed by atoms with Crippen molar-refractivity contribution in [2.45, 2.75) is 18.9 Å². The molecule has 8 nitrogen and oxygen atoms in total. The summed E-state index contributed by atoms with van der Waals surface area (Å²) in [5.41, 5.74) is 0.393. The van der Waals surface area contributed by atoms with Gasteiger partial charge in [0, 0.05) is 18.6 Å². The van der Waals surface area contributed by atoms with Crippen LogP contribution in [0.3, 0.4) is 0 Å². The summed E-state index contributed by atoms with van der Waals surface area (Å²) in [5, 5.41) is 3.08. The minimum absolute atomic E-state index is 0.220. The number of likely N-dealkylation sites (N-methyl/N-ethyl adjacent to an activating group) is 1. The van der Waals surface area contributed by atoms with Crippen molar-refractivity contribution in [3.63, 3.8) is 0 Å². The highest BCUT2D eigenvalue weighted by Crippen LogP contribution is 2.27. The van der Waals surface area contributed by atoms with Crippen LogP contribution in [0.15, 0.2) is 18.2 Å². The van der Waals surface area contributed by atoms with Crippen LogP contribution in [-0.2, 0) is 19.6 Å². The molecule has 0 bridgehead atoms. The summed E-state index contributed by atoms with van der Waals surface area (Å²) in [6.07, 6.45) is 2.14. The number of nitrogens with one attached hydrogen (secondary N) is 1. The normalized spacial score (nSPS) is 17.8. The van der Waals surface area contributed by atoms with Gasteiger partial charge in [0.25, 0.3) is 0 Å². The van der Waals surface area contributed by atoms with Crippen LogP contribution in [0.4, 0.5) is 5.69 Å². The number of amides is 2. The molecule has 1 aliphatic heterocycles. The van der Waals surface area contributed by atoms with E-state index in [0.29, 0.717) is 35.8 Å². The summed E-state index contributed by atoms with van der Waals surface area (Å²) in [5.74, 6) is -0.401. The van der Waals surface area contributed by atoms with Gasteiger partial charge in [-0.1, -0.05) is 11.6 Å². The van der Waals surface area contributed by atoms with Crippen LogP contribution >= 0.6 is 11.6 Å². The van der Waals surface area contributed by atoms with Gasteiger partial charge in [-0.05, 0) is 31.0 Å². The van der Waals surface area contributed by atoms with Crippen molar-refractivity contribution in [2.75, 3.05) is 38.8 Å². The minimum Gasteiger partial charge on any atom is -0.495 e. The number of hydrogen-bond donors (Lipinski definition) is 1. The minimum atomic E-state index is -3.47. The zero-order chi connectivity index (χ0) is 19.5. The zero-order valence-corrected chi connectivity index (χ0v) is 16.4. The zero-order valence-electron chi connectivity index (χ0n) is 14.9. The van der Waals surface area contributed by atoms with Crippen LogP contribution < -0.4 is 10.1 Å². The van der Waals surface area contributed by atoms with Crippen molar-refractivity contribution in [2.24, 2.45) is 0 Å². The van der Waals surface area contributed by atoms with E-state index in [0.717, 1.165) is 6.26 Å². The molecule has 0 spiro atoms. The lowest BCUT2D eigenvalue weighted by Gasteiger charge is -2.26. The molecule has 1 unspecified atom stereocenters. The molecule has 0 radical (unpaired) electrons. The first kappa shape index (κ1) is 20.5. The molecule has 2 rings (SSSR count). The van der Waals surface area contributed by atoms with Gasteiger partial charge in [-0.3, -0.25) is 9.59 Å². The number of benzene rings is 1. The molecule has 1 aliphatic rings. The Labute approximate surface area is 158 Å². The molecule has 0 aromatic heterocycles. The first-order valence-corrected chi connectivity index (χ1v) is 10.2. The van der Waals surface area contributed by atoms with E-state index in [4.69, 9.17) is 16.3 Å². The molecular formula is C16H22ClN3O5S. The molecule has 0 saturated carbocycles. The average molecular weight is 404 g/mol. The van der Waals surface area contributed by atoms with Gasteiger partial charge >= 0.3 is 0 Å². The number of rotatable bonds is 6. The summed E-state index contributed by atoms with van der Waals surface area (Å²) < 4.78 is 29.9. The predicted molar refractivity (Wildman–Crippen MR) is 98.8 cm³/mol. The van der Waals surface area contributed by atoms with Crippen molar-refractivity contribution in [1.82, 2.24) is 9.21 Å². The fourth-order valence-corrected chi connectivity index (χ4v) is 4.19. The van der Waals surface area contributed by atoms with E-state index in [2.05, 4.69) is 5.32 Å². The smallest absolute Gasteiger partial charge is 0.244 e. The van der Waals surface area contributed by atoms with E-state index in [-0.39, 0.29) is 6.54 Å². The van der Waals surface area contributed by atoms with Gasteiger partial charge in [0.05, 0.1) is 25.6 Å². The summed E-state index contributed by atoms with van der Waals surface area (Å²) in [6, 6.07) is 4.03. The second kappa shape index (κ2) is 8.24. The molecule has 1 atom stereocenters. The number of halogens is 1.